The first-order valence-electron chi connectivity index (χ1n) is 9.32. The minimum atomic E-state index is 0.306. The van der Waals surface area contributed by atoms with Crippen LogP contribution >= 0.6 is 0 Å². The summed E-state index contributed by atoms with van der Waals surface area (Å²) in [5.74, 6) is 3.34. The molecule has 7 nitrogen and oxygen atoms in total. The summed E-state index contributed by atoms with van der Waals surface area (Å²) in [7, 11) is 3.36. The van der Waals surface area contributed by atoms with E-state index in [0.29, 0.717) is 23.9 Å². The smallest absolute Gasteiger partial charge is 0.222 e. The molecular weight excluding hydrogens is 344 g/mol. The molecule has 0 saturated carbocycles. The Hall–Kier alpha value is -2.38. The number of benzene rings is 1. The van der Waals surface area contributed by atoms with Crippen molar-refractivity contribution in [2.45, 2.75) is 12.6 Å². The van der Waals surface area contributed by atoms with E-state index >= 15 is 0 Å². The zero-order valence-corrected chi connectivity index (χ0v) is 15.8. The van der Waals surface area contributed by atoms with Crippen LogP contribution in [0.4, 0.5) is 5.95 Å². The van der Waals surface area contributed by atoms with Crippen LogP contribution in [0, 0.1) is 11.8 Å². The number of rotatable bonds is 7. The van der Waals surface area contributed by atoms with E-state index in [0.717, 1.165) is 44.3 Å². The molecular formula is C20H26N4O3. The van der Waals surface area contributed by atoms with Gasteiger partial charge in [-0.2, -0.15) is 0 Å². The van der Waals surface area contributed by atoms with Crippen molar-refractivity contribution in [3.8, 4) is 11.5 Å². The Kier molecular flexibility index (Phi) is 5.40. The number of methoxy groups -OCH3 is 2. The summed E-state index contributed by atoms with van der Waals surface area (Å²) in [6.45, 7) is 4.50. The second-order valence-electron chi connectivity index (χ2n) is 7.16. The highest BCUT2D eigenvalue weighted by molar-refractivity contribution is 5.38. The summed E-state index contributed by atoms with van der Waals surface area (Å²) < 4.78 is 16.8. The summed E-state index contributed by atoms with van der Waals surface area (Å²) >= 11 is 0. The Bertz CT molecular complexity index is 736. The highest BCUT2D eigenvalue weighted by Gasteiger charge is 2.43. The topological polar surface area (TPSA) is 68.7 Å². The minimum absolute atomic E-state index is 0.306. The summed E-state index contributed by atoms with van der Waals surface area (Å²) in [5, 5.41) is 3.34. The number of nitrogens with one attached hydrogen (secondary N) is 1. The molecule has 0 aliphatic carbocycles. The Morgan fingerprint density at radius 1 is 1.11 bits per heavy atom. The SMILES string of the molecule is COc1cc(CN2C[C@@H]3[C@@H](CNc4ncccn4)CO[C@@H]3C2)cc(OC)c1. The van der Waals surface area contributed by atoms with Gasteiger partial charge < -0.3 is 19.5 Å². The second kappa shape index (κ2) is 8.10. The quantitative estimate of drug-likeness (QED) is 0.800. The molecule has 0 amide bonds. The average molecular weight is 370 g/mol. The van der Waals surface area contributed by atoms with E-state index in [1.165, 1.54) is 5.56 Å². The molecule has 2 aliphatic rings. The molecule has 0 bridgehead atoms. The standard InChI is InChI=1S/C20H26N4O3/c1-25-16-6-14(7-17(8-16)26-2)10-24-11-18-15(13-27-19(18)12-24)9-23-20-21-4-3-5-22-20/h3-8,15,18-19H,9-13H2,1-2H3,(H,21,22,23)/t15-,18+,19+/m0/s1. The lowest BCUT2D eigenvalue weighted by Gasteiger charge is -2.20. The molecule has 0 unspecified atom stereocenters. The van der Waals surface area contributed by atoms with Gasteiger partial charge in [-0.05, 0) is 23.8 Å². The third-order valence-electron chi connectivity index (χ3n) is 5.42. The Morgan fingerprint density at radius 2 is 1.85 bits per heavy atom. The van der Waals surface area contributed by atoms with Crippen molar-refractivity contribution in [1.82, 2.24) is 14.9 Å². The van der Waals surface area contributed by atoms with E-state index in [1.54, 1.807) is 26.6 Å². The van der Waals surface area contributed by atoms with Crippen LogP contribution in [0.5, 0.6) is 11.5 Å². The first-order chi connectivity index (χ1) is 13.2. The number of aromatic nitrogens is 2. The van der Waals surface area contributed by atoms with Gasteiger partial charge in [-0.1, -0.05) is 0 Å². The zero-order valence-electron chi connectivity index (χ0n) is 15.8. The van der Waals surface area contributed by atoms with E-state index < -0.39 is 0 Å². The molecule has 1 aromatic heterocycles. The zero-order chi connectivity index (χ0) is 18.6. The molecule has 7 heteroatoms. The average Bonchev–Trinajstić information content (AvgIpc) is 3.27. The molecule has 3 atom stereocenters. The molecule has 2 saturated heterocycles. The van der Waals surface area contributed by atoms with Gasteiger partial charge in [0.2, 0.25) is 5.95 Å². The van der Waals surface area contributed by atoms with E-state index in [9.17, 15) is 0 Å². The van der Waals surface area contributed by atoms with Crippen LogP contribution in [0.3, 0.4) is 0 Å². The molecule has 27 heavy (non-hydrogen) atoms. The fraction of sp³-hybridized carbons (Fsp3) is 0.500. The van der Waals surface area contributed by atoms with Crippen molar-refractivity contribution in [3.63, 3.8) is 0 Å². The Balaban J connectivity index is 1.35. The summed E-state index contributed by atoms with van der Waals surface area (Å²) in [6, 6.07) is 7.87. The molecule has 144 valence electrons. The fourth-order valence-corrected chi connectivity index (χ4v) is 4.05. The largest absolute Gasteiger partial charge is 0.497 e. The minimum Gasteiger partial charge on any atom is -0.497 e. The predicted molar refractivity (Wildman–Crippen MR) is 102 cm³/mol. The van der Waals surface area contributed by atoms with Crippen molar-refractivity contribution in [1.29, 1.82) is 0 Å². The number of likely N-dealkylation sites (tertiary alicyclic amines) is 1. The number of fused-ring (bicyclic) bond motifs is 1. The normalized spacial score (nSPS) is 24.6. The van der Waals surface area contributed by atoms with Crippen LogP contribution in [0.2, 0.25) is 0 Å². The number of anilines is 1. The maximum Gasteiger partial charge on any atom is 0.222 e. The van der Waals surface area contributed by atoms with Crippen LogP contribution in [-0.4, -0.2) is 61.4 Å². The van der Waals surface area contributed by atoms with E-state index in [1.807, 2.05) is 12.1 Å². The fourth-order valence-electron chi connectivity index (χ4n) is 4.05. The predicted octanol–water partition coefficient (Wildman–Crippen LogP) is 2.05. The van der Waals surface area contributed by atoms with Crippen LogP contribution in [0.15, 0.2) is 36.7 Å². The van der Waals surface area contributed by atoms with Gasteiger partial charge in [0.15, 0.2) is 0 Å². The van der Waals surface area contributed by atoms with E-state index in [4.69, 9.17) is 14.2 Å². The van der Waals surface area contributed by atoms with E-state index in [-0.39, 0.29) is 0 Å². The van der Waals surface area contributed by atoms with Gasteiger partial charge in [0.05, 0.1) is 26.9 Å². The van der Waals surface area contributed by atoms with Crippen LogP contribution < -0.4 is 14.8 Å². The molecule has 2 aromatic rings. The van der Waals surface area contributed by atoms with Crippen LogP contribution in [0.25, 0.3) is 0 Å². The van der Waals surface area contributed by atoms with Crippen LogP contribution in [-0.2, 0) is 11.3 Å². The van der Waals surface area contributed by atoms with Crippen molar-refractivity contribution in [2.75, 3.05) is 45.8 Å². The first-order valence-corrected chi connectivity index (χ1v) is 9.32. The Labute approximate surface area is 159 Å². The van der Waals surface area contributed by atoms with Gasteiger partial charge in [-0.25, -0.2) is 9.97 Å². The van der Waals surface area contributed by atoms with Gasteiger partial charge in [-0.3, -0.25) is 4.90 Å². The van der Waals surface area contributed by atoms with Crippen molar-refractivity contribution < 1.29 is 14.2 Å². The number of ether oxygens (including phenoxy) is 3. The van der Waals surface area contributed by atoms with Gasteiger partial charge in [0.1, 0.15) is 11.5 Å². The van der Waals surface area contributed by atoms with Crippen molar-refractivity contribution >= 4 is 5.95 Å². The number of nitrogens with zero attached hydrogens (tertiary/aromatic N) is 3. The second-order valence-corrected chi connectivity index (χ2v) is 7.16. The highest BCUT2D eigenvalue weighted by atomic mass is 16.5. The van der Waals surface area contributed by atoms with E-state index in [2.05, 4.69) is 32.3 Å². The van der Waals surface area contributed by atoms with Crippen molar-refractivity contribution in [3.05, 3.63) is 42.2 Å². The van der Waals surface area contributed by atoms with Crippen LogP contribution in [0.1, 0.15) is 5.56 Å². The van der Waals surface area contributed by atoms with Gasteiger partial charge in [0, 0.05) is 56.5 Å². The van der Waals surface area contributed by atoms with Gasteiger partial charge >= 0.3 is 0 Å². The molecule has 3 heterocycles. The number of hydrogen-bond donors (Lipinski definition) is 1. The third-order valence-corrected chi connectivity index (χ3v) is 5.42. The lowest BCUT2D eigenvalue weighted by atomic mass is 9.93. The molecule has 0 radical (unpaired) electrons. The maximum atomic E-state index is 6.06. The summed E-state index contributed by atoms with van der Waals surface area (Å²) in [5.41, 5.74) is 1.19. The number of hydrogen-bond acceptors (Lipinski definition) is 7. The Morgan fingerprint density at radius 3 is 2.56 bits per heavy atom. The third kappa shape index (κ3) is 4.14. The summed E-state index contributed by atoms with van der Waals surface area (Å²) in [4.78, 5) is 10.9. The molecule has 2 fully saturated rings. The highest BCUT2D eigenvalue weighted by Crippen LogP contribution is 2.35. The molecule has 2 aliphatic heterocycles. The summed E-state index contributed by atoms with van der Waals surface area (Å²) in [6.07, 6.45) is 3.81. The van der Waals surface area contributed by atoms with Crippen molar-refractivity contribution in [2.24, 2.45) is 11.8 Å². The molecule has 1 N–H and O–H groups in total. The van der Waals surface area contributed by atoms with Gasteiger partial charge in [-0.15, -0.1) is 0 Å². The molecule has 4 rings (SSSR count). The first kappa shape index (κ1) is 18.0. The monoisotopic (exact) mass is 370 g/mol. The molecule has 1 aromatic carbocycles. The maximum absolute atomic E-state index is 6.06. The van der Waals surface area contributed by atoms with Gasteiger partial charge in [0.25, 0.3) is 0 Å². The lowest BCUT2D eigenvalue weighted by molar-refractivity contribution is 0.0946. The lowest BCUT2D eigenvalue weighted by Crippen LogP contribution is -2.27. The molecule has 0 spiro atoms.